The molecule has 0 spiro atoms. The number of hydrogen-bond donors (Lipinski definition) is 1. The summed E-state index contributed by atoms with van der Waals surface area (Å²) in [5.41, 5.74) is 1.50. The first kappa shape index (κ1) is 22.9. The Kier molecular flexibility index (Phi) is 9.23. The van der Waals surface area contributed by atoms with Crippen LogP contribution in [0.15, 0.2) is 54.6 Å². The van der Waals surface area contributed by atoms with Gasteiger partial charge in [0.05, 0.1) is 0 Å². The predicted octanol–water partition coefficient (Wildman–Crippen LogP) is 5.45. The summed E-state index contributed by atoms with van der Waals surface area (Å²) in [6.07, 6.45) is -0.638. The number of rotatable bonds is 6. The number of ketones is 1. The summed E-state index contributed by atoms with van der Waals surface area (Å²) in [7, 11) is 0. The van der Waals surface area contributed by atoms with Gasteiger partial charge >= 0.3 is 0 Å². The highest BCUT2D eigenvalue weighted by molar-refractivity contribution is 5.87. The Labute approximate surface area is 164 Å². The summed E-state index contributed by atoms with van der Waals surface area (Å²) in [6.45, 7) is 12.5. The highest BCUT2D eigenvalue weighted by Crippen LogP contribution is 2.20. The average Bonchev–Trinajstić information content (AvgIpc) is 2.60. The monoisotopic (exact) mass is 370 g/mol. The maximum absolute atomic E-state index is 12.0. The van der Waals surface area contributed by atoms with Crippen LogP contribution in [0.2, 0.25) is 0 Å². The normalized spacial score (nSPS) is 12.1. The highest BCUT2D eigenvalue weighted by atomic mass is 16.5. The third kappa shape index (κ3) is 9.39. The second kappa shape index (κ2) is 10.9. The van der Waals surface area contributed by atoms with Crippen LogP contribution in [-0.2, 0) is 17.8 Å². The number of benzene rings is 2. The maximum atomic E-state index is 12.0. The molecule has 0 radical (unpaired) electrons. The number of Topliss-reactive ketones (excluding diaryl/α,β-unsaturated/α-hetero) is 1. The molecule has 0 aliphatic carbocycles. The fraction of sp³-hybridized carbons (Fsp3) is 0.458. The zero-order valence-electron chi connectivity index (χ0n) is 17.5. The molecule has 2 aromatic carbocycles. The topological polar surface area (TPSA) is 46.5 Å². The third-order valence-corrected chi connectivity index (χ3v) is 3.64. The molecule has 0 aromatic heterocycles. The zero-order chi connectivity index (χ0) is 20.4. The van der Waals surface area contributed by atoms with Gasteiger partial charge in [-0.3, -0.25) is 4.79 Å². The number of hydrogen-bond acceptors (Lipinski definition) is 3. The minimum Gasteiger partial charge on any atom is -0.489 e. The third-order valence-electron chi connectivity index (χ3n) is 3.64. The van der Waals surface area contributed by atoms with E-state index in [4.69, 9.17) is 4.74 Å². The lowest BCUT2D eigenvalue weighted by atomic mass is 9.86. The standard InChI is InChI=1S/C20H24O3.C4H10/c1-20(2,3)19(22)18(21)13-15-9-11-17(12-10-15)23-14-16-7-5-4-6-8-16;1-4(2)3/h4-12,18,21H,13-14H2,1-3H3;4H,1-3H3. The van der Waals surface area contributed by atoms with Crippen LogP contribution in [0.3, 0.4) is 0 Å². The Morgan fingerprint density at radius 1 is 0.926 bits per heavy atom. The van der Waals surface area contributed by atoms with E-state index in [-0.39, 0.29) is 5.78 Å². The van der Waals surface area contributed by atoms with Gasteiger partial charge < -0.3 is 9.84 Å². The number of carbonyl (C=O) groups excluding carboxylic acids is 1. The van der Waals surface area contributed by atoms with Gasteiger partial charge in [-0.25, -0.2) is 0 Å². The van der Waals surface area contributed by atoms with Crippen LogP contribution >= 0.6 is 0 Å². The van der Waals surface area contributed by atoms with E-state index in [0.29, 0.717) is 13.0 Å². The minimum absolute atomic E-state index is 0.137. The van der Waals surface area contributed by atoms with Gasteiger partial charge in [0.25, 0.3) is 0 Å². The second-order valence-electron chi connectivity index (χ2n) is 8.48. The average molecular weight is 371 g/mol. The molecule has 0 aliphatic rings. The molecule has 0 saturated heterocycles. The quantitative estimate of drug-likeness (QED) is 0.736. The van der Waals surface area contributed by atoms with Crippen LogP contribution in [0.5, 0.6) is 5.75 Å². The van der Waals surface area contributed by atoms with Crippen molar-refractivity contribution >= 4 is 5.78 Å². The van der Waals surface area contributed by atoms with Crippen LogP contribution in [0.1, 0.15) is 52.7 Å². The fourth-order valence-corrected chi connectivity index (χ4v) is 2.28. The van der Waals surface area contributed by atoms with E-state index in [0.717, 1.165) is 22.8 Å². The van der Waals surface area contributed by atoms with Crippen molar-refractivity contribution in [3.05, 3.63) is 65.7 Å². The Morgan fingerprint density at radius 3 is 1.93 bits per heavy atom. The Balaban J connectivity index is 0.000000828. The molecule has 0 aliphatic heterocycles. The first-order valence-corrected chi connectivity index (χ1v) is 9.57. The molecular weight excluding hydrogens is 336 g/mol. The van der Waals surface area contributed by atoms with Crippen LogP contribution < -0.4 is 4.74 Å². The van der Waals surface area contributed by atoms with Crippen molar-refractivity contribution in [2.75, 3.05) is 0 Å². The summed E-state index contributed by atoms with van der Waals surface area (Å²) in [6, 6.07) is 17.5. The first-order chi connectivity index (χ1) is 12.6. The lowest BCUT2D eigenvalue weighted by molar-refractivity contribution is -0.134. The molecule has 148 valence electrons. The molecule has 2 rings (SSSR count). The van der Waals surface area contributed by atoms with Crippen molar-refractivity contribution in [2.45, 2.75) is 60.7 Å². The van der Waals surface area contributed by atoms with E-state index in [9.17, 15) is 9.90 Å². The van der Waals surface area contributed by atoms with E-state index < -0.39 is 11.5 Å². The van der Waals surface area contributed by atoms with Crippen molar-refractivity contribution in [3.63, 3.8) is 0 Å². The van der Waals surface area contributed by atoms with Gasteiger partial charge in [-0.1, -0.05) is 84.0 Å². The first-order valence-electron chi connectivity index (χ1n) is 9.57. The Bertz CT molecular complexity index is 664. The van der Waals surface area contributed by atoms with E-state index in [1.807, 2.05) is 75.4 Å². The summed E-state index contributed by atoms with van der Waals surface area (Å²) in [5.74, 6) is 1.47. The van der Waals surface area contributed by atoms with Gasteiger partial charge in [-0.05, 0) is 29.2 Å². The van der Waals surface area contributed by atoms with Crippen molar-refractivity contribution in [2.24, 2.45) is 11.3 Å². The van der Waals surface area contributed by atoms with Crippen LogP contribution in [0, 0.1) is 11.3 Å². The molecule has 0 heterocycles. The number of ether oxygens (including phenoxy) is 1. The summed E-state index contributed by atoms with van der Waals surface area (Å²) in [4.78, 5) is 12.0. The van der Waals surface area contributed by atoms with Gasteiger partial charge in [-0.15, -0.1) is 0 Å². The summed E-state index contributed by atoms with van der Waals surface area (Å²) < 4.78 is 5.72. The lowest BCUT2D eigenvalue weighted by Crippen LogP contribution is -2.33. The lowest BCUT2D eigenvalue weighted by Gasteiger charge is -2.21. The zero-order valence-corrected chi connectivity index (χ0v) is 17.5. The maximum Gasteiger partial charge on any atom is 0.166 e. The van der Waals surface area contributed by atoms with Gasteiger partial charge in [0.1, 0.15) is 18.5 Å². The van der Waals surface area contributed by atoms with E-state index >= 15 is 0 Å². The van der Waals surface area contributed by atoms with Gasteiger partial charge in [0.2, 0.25) is 0 Å². The molecule has 0 bridgehead atoms. The van der Waals surface area contributed by atoms with Crippen molar-refractivity contribution in [1.82, 2.24) is 0 Å². The van der Waals surface area contributed by atoms with Gasteiger partial charge in [0, 0.05) is 11.8 Å². The molecule has 3 nitrogen and oxygen atoms in total. The van der Waals surface area contributed by atoms with Crippen molar-refractivity contribution in [1.29, 1.82) is 0 Å². The molecule has 3 heteroatoms. The van der Waals surface area contributed by atoms with E-state index in [1.165, 1.54) is 0 Å². The van der Waals surface area contributed by atoms with Crippen LogP contribution in [0.25, 0.3) is 0 Å². The summed E-state index contributed by atoms with van der Waals surface area (Å²) in [5, 5.41) is 10.0. The van der Waals surface area contributed by atoms with E-state index in [1.54, 1.807) is 0 Å². The molecule has 2 aromatic rings. The smallest absolute Gasteiger partial charge is 0.166 e. The fourth-order valence-electron chi connectivity index (χ4n) is 2.28. The molecule has 0 fully saturated rings. The molecule has 1 unspecified atom stereocenters. The van der Waals surface area contributed by atoms with Gasteiger partial charge in [-0.2, -0.15) is 0 Å². The highest BCUT2D eigenvalue weighted by Gasteiger charge is 2.28. The molecule has 0 amide bonds. The minimum atomic E-state index is -0.967. The molecule has 1 atom stereocenters. The second-order valence-corrected chi connectivity index (χ2v) is 8.48. The molecule has 27 heavy (non-hydrogen) atoms. The Morgan fingerprint density at radius 2 is 1.44 bits per heavy atom. The van der Waals surface area contributed by atoms with Gasteiger partial charge in [0.15, 0.2) is 5.78 Å². The SMILES string of the molecule is CC(C)(C)C(=O)C(O)Cc1ccc(OCc2ccccc2)cc1.CC(C)C. The summed E-state index contributed by atoms with van der Waals surface area (Å²) >= 11 is 0. The van der Waals surface area contributed by atoms with Crippen LogP contribution in [0.4, 0.5) is 0 Å². The van der Waals surface area contributed by atoms with Crippen LogP contribution in [-0.4, -0.2) is 17.0 Å². The Hall–Kier alpha value is -2.13. The molecular formula is C24H34O3. The van der Waals surface area contributed by atoms with Crippen molar-refractivity contribution in [3.8, 4) is 5.75 Å². The molecule has 0 saturated carbocycles. The number of aliphatic hydroxyl groups excluding tert-OH is 1. The molecule has 1 N–H and O–H groups in total. The number of carbonyl (C=O) groups is 1. The van der Waals surface area contributed by atoms with Crippen molar-refractivity contribution < 1.29 is 14.6 Å². The largest absolute Gasteiger partial charge is 0.489 e. The number of aliphatic hydroxyl groups is 1. The van der Waals surface area contributed by atoms with E-state index in [2.05, 4.69) is 20.8 Å². The predicted molar refractivity (Wildman–Crippen MR) is 112 cm³/mol.